The predicted octanol–water partition coefficient (Wildman–Crippen LogP) is 3.69. The van der Waals surface area contributed by atoms with Crippen molar-refractivity contribution >= 4 is 7.12 Å². The first kappa shape index (κ1) is 15.3. The highest BCUT2D eigenvalue weighted by molar-refractivity contribution is 6.55. The van der Waals surface area contributed by atoms with Crippen molar-refractivity contribution in [3.8, 4) is 0 Å². The SMILES string of the molecule is CC1(C)OB(C2=CC(C3CCCCO3)CC=C2)OC1(C)C. The van der Waals surface area contributed by atoms with E-state index in [0.717, 1.165) is 18.5 Å². The molecule has 2 heterocycles. The maximum atomic E-state index is 6.16. The van der Waals surface area contributed by atoms with Gasteiger partial charge in [0.2, 0.25) is 0 Å². The fourth-order valence-corrected chi connectivity index (χ4v) is 3.23. The predicted molar refractivity (Wildman–Crippen MR) is 85.0 cm³/mol. The number of hydrogen-bond donors (Lipinski definition) is 0. The molecule has 0 aromatic rings. The van der Waals surface area contributed by atoms with Gasteiger partial charge in [-0.1, -0.05) is 18.2 Å². The van der Waals surface area contributed by atoms with Crippen molar-refractivity contribution in [2.75, 3.05) is 6.61 Å². The quantitative estimate of drug-likeness (QED) is 0.726. The topological polar surface area (TPSA) is 27.7 Å². The third kappa shape index (κ3) is 2.99. The van der Waals surface area contributed by atoms with Gasteiger partial charge in [-0.3, -0.25) is 0 Å². The molecule has 3 aliphatic rings. The fourth-order valence-electron chi connectivity index (χ4n) is 3.23. The minimum atomic E-state index is -0.277. The van der Waals surface area contributed by atoms with E-state index in [1.165, 1.54) is 19.3 Å². The minimum Gasteiger partial charge on any atom is -0.399 e. The molecule has 0 saturated carbocycles. The van der Waals surface area contributed by atoms with E-state index in [9.17, 15) is 0 Å². The van der Waals surface area contributed by atoms with Crippen LogP contribution >= 0.6 is 0 Å². The summed E-state index contributed by atoms with van der Waals surface area (Å²) >= 11 is 0. The molecule has 21 heavy (non-hydrogen) atoms. The number of rotatable bonds is 2. The highest BCUT2D eigenvalue weighted by Crippen LogP contribution is 2.40. The lowest BCUT2D eigenvalue weighted by Gasteiger charge is -2.32. The Kier molecular flexibility index (Phi) is 4.06. The second-order valence-electron chi connectivity index (χ2n) is 7.46. The third-order valence-corrected chi connectivity index (χ3v) is 5.34. The van der Waals surface area contributed by atoms with Gasteiger partial charge in [0, 0.05) is 12.5 Å². The van der Waals surface area contributed by atoms with E-state index in [4.69, 9.17) is 14.0 Å². The van der Waals surface area contributed by atoms with Crippen LogP contribution in [-0.2, 0) is 14.0 Å². The molecule has 2 unspecified atom stereocenters. The fraction of sp³-hybridized carbons (Fsp3) is 0.765. The smallest absolute Gasteiger partial charge is 0.399 e. The summed E-state index contributed by atoms with van der Waals surface area (Å²) in [6.07, 6.45) is 11.8. The van der Waals surface area contributed by atoms with Crippen LogP contribution in [0, 0.1) is 5.92 Å². The number of allylic oxidation sites excluding steroid dienone is 3. The number of ether oxygens (including phenoxy) is 1. The summed E-state index contributed by atoms with van der Waals surface area (Å²) in [6, 6.07) is 0. The molecule has 3 rings (SSSR count). The molecule has 2 fully saturated rings. The van der Waals surface area contributed by atoms with E-state index in [0.29, 0.717) is 12.0 Å². The summed E-state index contributed by atoms with van der Waals surface area (Å²) in [7, 11) is -0.252. The van der Waals surface area contributed by atoms with Crippen LogP contribution < -0.4 is 0 Å². The molecule has 0 radical (unpaired) electrons. The van der Waals surface area contributed by atoms with Gasteiger partial charge in [-0.2, -0.15) is 0 Å². The summed E-state index contributed by atoms with van der Waals surface area (Å²) in [6.45, 7) is 9.30. The Labute approximate surface area is 128 Å². The largest absolute Gasteiger partial charge is 0.494 e. The molecule has 0 spiro atoms. The van der Waals surface area contributed by atoms with Gasteiger partial charge in [0.15, 0.2) is 0 Å². The maximum Gasteiger partial charge on any atom is 0.494 e. The molecule has 4 heteroatoms. The molecular formula is C17H27BO3. The summed E-state index contributed by atoms with van der Waals surface area (Å²) in [4.78, 5) is 0. The monoisotopic (exact) mass is 290 g/mol. The summed E-state index contributed by atoms with van der Waals surface area (Å²) in [5.41, 5.74) is 0.598. The normalized spacial score (nSPS) is 34.9. The Bertz CT molecular complexity index is 431. The van der Waals surface area contributed by atoms with Crippen LogP contribution in [0.2, 0.25) is 0 Å². The van der Waals surface area contributed by atoms with Gasteiger partial charge in [0.25, 0.3) is 0 Å². The zero-order valence-corrected chi connectivity index (χ0v) is 13.7. The lowest BCUT2D eigenvalue weighted by Crippen LogP contribution is -2.41. The van der Waals surface area contributed by atoms with Gasteiger partial charge < -0.3 is 14.0 Å². The molecule has 2 saturated heterocycles. The van der Waals surface area contributed by atoms with E-state index < -0.39 is 0 Å². The molecule has 3 nitrogen and oxygen atoms in total. The molecule has 0 aromatic carbocycles. The van der Waals surface area contributed by atoms with Crippen LogP contribution in [0.5, 0.6) is 0 Å². The number of hydrogen-bond acceptors (Lipinski definition) is 3. The van der Waals surface area contributed by atoms with Crippen LogP contribution in [0.15, 0.2) is 23.7 Å². The van der Waals surface area contributed by atoms with E-state index in [-0.39, 0.29) is 18.3 Å². The second kappa shape index (κ2) is 5.56. The van der Waals surface area contributed by atoms with E-state index in [1.54, 1.807) is 0 Å². The first-order valence-corrected chi connectivity index (χ1v) is 8.24. The summed E-state index contributed by atoms with van der Waals surface area (Å²) < 4.78 is 18.3. The second-order valence-corrected chi connectivity index (χ2v) is 7.46. The van der Waals surface area contributed by atoms with Crippen LogP contribution in [0.3, 0.4) is 0 Å². The van der Waals surface area contributed by atoms with E-state index >= 15 is 0 Å². The van der Waals surface area contributed by atoms with Crippen LogP contribution in [0.4, 0.5) is 0 Å². The minimum absolute atomic E-state index is 0.252. The van der Waals surface area contributed by atoms with Gasteiger partial charge in [0.05, 0.1) is 17.3 Å². The zero-order valence-electron chi connectivity index (χ0n) is 13.7. The standard InChI is InChI=1S/C17H27BO3/c1-16(2)17(3,4)21-18(20-16)14-9-7-8-13(12-14)15-10-5-6-11-19-15/h7,9,12-13,15H,5-6,8,10-11H2,1-4H3. The van der Waals surface area contributed by atoms with Gasteiger partial charge in [-0.05, 0) is 58.9 Å². The lowest BCUT2D eigenvalue weighted by molar-refractivity contribution is -0.00859. The van der Waals surface area contributed by atoms with Crippen molar-refractivity contribution in [3.05, 3.63) is 23.7 Å². The molecule has 0 amide bonds. The third-order valence-electron chi connectivity index (χ3n) is 5.34. The Morgan fingerprint density at radius 3 is 2.43 bits per heavy atom. The first-order chi connectivity index (χ1) is 9.89. The highest BCUT2D eigenvalue weighted by Gasteiger charge is 2.52. The molecule has 0 N–H and O–H groups in total. The molecule has 116 valence electrons. The van der Waals surface area contributed by atoms with Crippen molar-refractivity contribution in [2.24, 2.45) is 5.92 Å². The summed E-state index contributed by atoms with van der Waals surface area (Å²) in [5, 5.41) is 0. The van der Waals surface area contributed by atoms with Crippen LogP contribution in [0.1, 0.15) is 53.4 Å². The summed E-state index contributed by atoms with van der Waals surface area (Å²) in [5.74, 6) is 0.462. The average molecular weight is 290 g/mol. The van der Waals surface area contributed by atoms with Gasteiger partial charge >= 0.3 is 7.12 Å². The Morgan fingerprint density at radius 1 is 1.10 bits per heavy atom. The average Bonchev–Trinajstić information content (AvgIpc) is 2.69. The van der Waals surface area contributed by atoms with Gasteiger partial charge in [-0.25, -0.2) is 0 Å². The van der Waals surface area contributed by atoms with Crippen molar-refractivity contribution in [1.29, 1.82) is 0 Å². The molecule has 1 aliphatic carbocycles. The lowest BCUT2D eigenvalue weighted by atomic mass is 9.72. The van der Waals surface area contributed by atoms with Crippen molar-refractivity contribution in [1.82, 2.24) is 0 Å². The highest BCUT2D eigenvalue weighted by atomic mass is 16.7. The van der Waals surface area contributed by atoms with Crippen molar-refractivity contribution in [2.45, 2.75) is 70.7 Å². The van der Waals surface area contributed by atoms with E-state index in [2.05, 4.69) is 45.9 Å². The van der Waals surface area contributed by atoms with Crippen molar-refractivity contribution in [3.63, 3.8) is 0 Å². The van der Waals surface area contributed by atoms with E-state index in [1.807, 2.05) is 0 Å². The molecule has 0 aromatic heterocycles. The Hall–Kier alpha value is -0.575. The molecule has 2 atom stereocenters. The Morgan fingerprint density at radius 2 is 1.81 bits per heavy atom. The van der Waals surface area contributed by atoms with Crippen LogP contribution in [-0.4, -0.2) is 31.0 Å². The van der Waals surface area contributed by atoms with Crippen molar-refractivity contribution < 1.29 is 14.0 Å². The Balaban J connectivity index is 1.73. The van der Waals surface area contributed by atoms with Gasteiger partial charge in [0.1, 0.15) is 0 Å². The first-order valence-electron chi connectivity index (χ1n) is 8.24. The van der Waals surface area contributed by atoms with Gasteiger partial charge in [-0.15, -0.1) is 0 Å². The molecular weight excluding hydrogens is 263 g/mol. The molecule has 0 bridgehead atoms. The molecule has 2 aliphatic heterocycles. The zero-order chi connectivity index (χ0) is 15.1. The van der Waals surface area contributed by atoms with Crippen LogP contribution in [0.25, 0.3) is 0 Å². The maximum absolute atomic E-state index is 6.16.